The van der Waals surface area contributed by atoms with Crippen LogP contribution < -0.4 is 0 Å². The Morgan fingerprint density at radius 3 is 2.29 bits per heavy atom. The van der Waals surface area contributed by atoms with Crippen LogP contribution in [0.5, 0.6) is 0 Å². The number of rotatable bonds is 1. The van der Waals surface area contributed by atoms with Gasteiger partial charge in [-0.3, -0.25) is 0 Å². The molecule has 4 aromatic carbocycles. The Kier molecular flexibility index (Phi) is 6.00. The van der Waals surface area contributed by atoms with Gasteiger partial charge in [0, 0.05) is 37.4 Å². The minimum atomic E-state index is 0. The maximum atomic E-state index is 4.69. The molecule has 1 aliphatic rings. The van der Waals surface area contributed by atoms with Crippen molar-refractivity contribution < 1.29 is 20.1 Å². The second kappa shape index (κ2) is 9.00. The molecular formula is C32H24IrN2-2. The number of hydrogen-bond acceptors (Lipinski definition) is 2. The summed E-state index contributed by atoms with van der Waals surface area (Å²) in [5.74, 6) is 0. The molecule has 0 aliphatic heterocycles. The van der Waals surface area contributed by atoms with E-state index < -0.39 is 0 Å². The summed E-state index contributed by atoms with van der Waals surface area (Å²) in [5.41, 5.74) is 7.01. The molecular weight excluding hydrogens is 605 g/mol. The molecule has 0 bridgehead atoms. The Bertz CT molecular complexity index is 1600. The summed E-state index contributed by atoms with van der Waals surface area (Å²) in [6, 6.07) is 35.5. The molecule has 0 saturated heterocycles. The van der Waals surface area contributed by atoms with E-state index in [1.807, 2.05) is 61.7 Å². The van der Waals surface area contributed by atoms with Gasteiger partial charge in [-0.1, -0.05) is 55.0 Å². The second-order valence-corrected chi connectivity index (χ2v) is 9.33. The number of nitrogens with zero attached hydrogens (tertiary/aromatic N) is 2. The molecule has 35 heavy (non-hydrogen) atoms. The zero-order chi connectivity index (χ0) is 23.3. The minimum Gasteiger partial charge on any atom is -0.304 e. The Balaban J connectivity index is 0.000000157. The van der Waals surface area contributed by atoms with Crippen molar-refractivity contribution in [1.82, 2.24) is 9.97 Å². The van der Waals surface area contributed by atoms with Crippen molar-refractivity contribution >= 4 is 32.4 Å². The van der Waals surface area contributed by atoms with Gasteiger partial charge in [-0.05, 0) is 52.2 Å². The van der Waals surface area contributed by atoms with Crippen LogP contribution in [0.15, 0.2) is 91.1 Å². The Morgan fingerprint density at radius 1 is 0.714 bits per heavy atom. The van der Waals surface area contributed by atoms with Gasteiger partial charge in [0.1, 0.15) is 0 Å². The van der Waals surface area contributed by atoms with Crippen molar-refractivity contribution in [2.24, 2.45) is 0 Å². The molecule has 1 aliphatic carbocycles. The second-order valence-electron chi connectivity index (χ2n) is 9.33. The van der Waals surface area contributed by atoms with Gasteiger partial charge in [-0.25, -0.2) is 0 Å². The van der Waals surface area contributed by atoms with Crippen LogP contribution in [0.4, 0.5) is 0 Å². The van der Waals surface area contributed by atoms with Gasteiger partial charge < -0.3 is 9.97 Å². The van der Waals surface area contributed by atoms with Crippen LogP contribution in [0.3, 0.4) is 0 Å². The maximum absolute atomic E-state index is 4.69. The smallest absolute Gasteiger partial charge is 0.0266 e. The van der Waals surface area contributed by atoms with Crippen LogP contribution in [-0.4, -0.2) is 9.97 Å². The van der Waals surface area contributed by atoms with E-state index in [4.69, 9.17) is 0 Å². The first kappa shape index (κ1) is 23.4. The van der Waals surface area contributed by atoms with Gasteiger partial charge in [0.25, 0.3) is 0 Å². The maximum Gasteiger partial charge on any atom is 0.0266 e. The first-order valence-corrected chi connectivity index (χ1v) is 11.6. The Morgan fingerprint density at radius 2 is 1.49 bits per heavy atom. The van der Waals surface area contributed by atoms with Crippen LogP contribution >= 0.6 is 0 Å². The van der Waals surface area contributed by atoms with Crippen LogP contribution in [-0.2, 0) is 25.5 Å². The van der Waals surface area contributed by atoms with Gasteiger partial charge in [-0.15, -0.1) is 65.5 Å². The van der Waals surface area contributed by atoms with Gasteiger partial charge >= 0.3 is 0 Å². The molecule has 6 aromatic rings. The van der Waals surface area contributed by atoms with Crippen molar-refractivity contribution in [3.63, 3.8) is 0 Å². The first-order chi connectivity index (χ1) is 16.6. The SMILES string of the molecule is CC1(C)c2cccc3c4ccc[c-]c4c4nccc1c4c23.Cc1cccc(-c2[c-]cccc2)n1.[Ir]. The molecule has 7 rings (SSSR count). The summed E-state index contributed by atoms with van der Waals surface area (Å²) in [4.78, 5) is 9.10. The monoisotopic (exact) mass is 629 g/mol. The first-order valence-electron chi connectivity index (χ1n) is 11.6. The van der Waals surface area contributed by atoms with Gasteiger partial charge in [-0.2, -0.15) is 0 Å². The molecule has 2 heterocycles. The molecule has 173 valence electrons. The predicted molar refractivity (Wildman–Crippen MR) is 141 cm³/mol. The third kappa shape index (κ3) is 3.76. The number of hydrogen-bond donors (Lipinski definition) is 0. The summed E-state index contributed by atoms with van der Waals surface area (Å²) in [6.07, 6.45) is 1.94. The molecule has 0 atom stereocenters. The van der Waals surface area contributed by atoms with E-state index in [1.165, 1.54) is 32.7 Å². The zero-order valence-corrected chi connectivity index (χ0v) is 22.3. The normalized spacial score (nSPS) is 13.0. The molecule has 1 radical (unpaired) electrons. The Hall–Kier alpha value is -3.39. The number of aryl methyl sites for hydroxylation is 1. The predicted octanol–water partition coefficient (Wildman–Crippen LogP) is 7.84. The molecule has 2 aromatic heterocycles. The molecule has 0 spiro atoms. The molecule has 0 amide bonds. The molecule has 2 nitrogen and oxygen atoms in total. The van der Waals surface area contributed by atoms with Crippen LogP contribution in [0, 0.1) is 19.1 Å². The minimum absolute atomic E-state index is 0. The fraction of sp³-hybridized carbons (Fsp3) is 0.125. The van der Waals surface area contributed by atoms with E-state index in [9.17, 15) is 0 Å². The Labute approximate surface area is 219 Å². The van der Waals surface area contributed by atoms with Crippen molar-refractivity contribution in [3.8, 4) is 11.3 Å². The van der Waals surface area contributed by atoms with Crippen molar-refractivity contribution in [1.29, 1.82) is 0 Å². The summed E-state index contributed by atoms with van der Waals surface area (Å²) >= 11 is 0. The van der Waals surface area contributed by atoms with Crippen molar-refractivity contribution in [3.05, 3.63) is 120 Å². The van der Waals surface area contributed by atoms with Crippen LogP contribution in [0.1, 0.15) is 30.7 Å². The number of fused-ring (bicyclic) bond motifs is 3. The number of aromatic nitrogens is 2. The summed E-state index contributed by atoms with van der Waals surface area (Å²) in [5, 5.41) is 6.42. The summed E-state index contributed by atoms with van der Waals surface area (Å²) in [7, 11) is 0. The molecule has 0 N–H and O–H groups in total. The standard InChI is InChI=1S/C20H14N.C12H10N.Ir/c1-20(2)15-9-5-8-13-12-6-3-4-7-14(12)19-18(17(13)15)16(20)10-11-21-19;1-10-6-5-9-12(13-10)11-7-3-2-4-8-11;/h3-6,8-11H,1-2H3;2-7,9H,1H3;/q2*-1;. The fourth-order valence-corrected chi connectivity index (χ4v) is 5.24. The fourth-order valence-electron chi connectivity index (χ4n) is 5.24. The third-order valence-electron chi connectivity index (χ3n) is 6.87. The molecule has 0 unspecified atom stereocenters. The average molecular weight is 629 g/mol. The van der Waals surface area contributed by atoms with E-state index in [0.717, 1.165) is 27.9 Å². The van der Waals surface area contributed by atoms with Gasteiger partial charge in [0.05, 0.1) is 0 Å². The molecule has 3 heteroatoms. The average Bonchev–Trinajstić information content (AvgIpc) is 3.12. The van der Waals surface area contributed by atoms with E-state index in [2.05, 4.69) is 72.3 Å². The third-order valence-corrected chi connectivity index (χ3v) is 6.87. The largest absolute Gasteiger partial charge is 0.304 e. The van der Waals surface area contributed by atoms with Gasteiger partial charge in [0.2, 0.25) is 0 Å². The van der Waals surface area contributed by atoms with Crippen LogP contribution in [0.2, 0.25) is 0 Å². The molecule has 0 fully saturated rings. The van der Waals surface area contributed by atoms with Gasteiger partial charge in [0.15, 0.2) is 0 Å². The topological polar surface area (TPSA) is 25.8 Å². The van der Waals surface area contributed by atoms with Crippen molar-refractivity contribution in [2.45, 2.75) is 26.2 Å². The molecule has 0 saturated carbocycles. The zero-order valence-electron chi connectivity index (χ0n) is 19.9. The van der Waals surface area contributed by atoms with E-state index in [1.54, 1.807) is 0 Å². The summed E-state index contributed by atoms with van der Waals surface area (Å²) < 4.78 is 0. The summed E-state index contributed by atoms with van der Waals surface area (Å²) in [6.45, 7) is 6.61. The van der Waals surface area contributed by atoms with E-state index in [-0.39, 0.29) is 25.5 Å². The van der Waals surface area contributed by atoms with E-state index >= 15 is 0 Å². The van der Waals surface area contributed by atoms with Crippen LogP contribution in [0.25, 0.3) is 43.7 Å². The van der Waals surface area contributed by atoms with E-state index in [0.29, 0.717) is 0 Å². The number of pyridine rings is 2. The number of benzene rings is 4. The quantitative estimate of drug-likeness (QED) is 0.137. The van der Waals surface area contributed by atoms with Crippen molar-refractivity contribution in [2.75, 3.05) is 0 Å².